The molecule has 1 N–H and O–H groups in total. The van der Waals surface area contributed by atoms with Gasteiger partial charge < -0.3 is 10.1 Å². The van der Waals surface area contributed by atoms with Gasteiger partial charge in [-0.3, -0.25) is 4.79 Å². The number of rotatable bonds is 6. The first-order valence-electron chi connectivity index (χ1n) is 6.25. The summed E-state index contributed by atoms with van der Waals surface area (Å²) in [5.41, 5.74) is -1.02. The van der Waals surface area contributed by atoms with Crippen LogP contribution in [-0.4, -0.2) is 18.1 Å². The molecule has 6 heteroatoms. The van der Waals surface area contributed by atoms with E-state index in [-0.39, 0.29) is 11.3 Å². The van der Waals surface area contributed by atoms with Crippen LogP contribution in [0.2, 0.25) is 0 Å². The third-order valence-corrected chi connectivity index (χ3v) is 3.12. The van der Waals surface area contributed by atoms with Crippen LogP contribution in [-0.2, 0) is 0 Å². The van der Waals surface area contributed by atoms with Crippen molar-refractivity contribution in [2.45, 2.75) is 38.8 Å². The van der Waals surface area contributed by atoms with E-state index in [2.05, 4.69) is 16.1 Å². The number of alkyl halides is 2. The predicted octanol–water partition coefficient (Wildman–Crippen LogP) is 3.10. The molecule has 0 heterocycles. The quantitative estimate of drug-likeness (QED) is 0.872. The molecule has 108 valence electrons. The number of nitrogens with zero attached hydrogens (tertiary/aromatic N) is 1. The van der Waals surface area contributed by atoms with Crippen LogP contribution >= 0.6 is 0 Å². The van der Waals surface area contributed by atoms with Gasteiger partial charge in [-0.25, -0.2) is 0 Å². The van der Waals surface area contributed by atoms with Gasteiger partial charge >= 0.3 is 6.61 Å². The van der Waals surface area contributed by atoms with Gasteiger partial charge in [-0.05, 0) is 25.0 Å². The van der Waals surface area contributed by atoms with Gasteiger partial charge in [-0.2, -0.15) is 14.0 Å². The van der Waals surface area contributed by atoms with Gasteiger partial charge in [-0.15, -0.1) is 0 Å². The number of hydrogen-bond donors (Lipinski definition) is 1. The molecular weight excluding hydrogens is 266 g/mol. The molecule has 0 unspecified atom stereocenters. The molecule has 4 nitrogen and oxygen atoms in total. The van der Waals surface area contributed by atoms with Crippen molar-refractivity contribution in [3.05, 3.63) is 29.8 Å². The second-order valence-corrected chi connectivity index (χ2v) is 4.23. The van der Waals surface area contributed by atoms with E-state index in [0.717, 1.165) is 0 Å². The molecule has 0 aliphatic heterocycles. The lowest BCUT2D eigenvalue weighted by molar-refractivity contribution is -0.0501. The van der Waals surface area contributed by atoms with Crippen LogP contribution in [0.25, 0.3) is 0 Å². The van der Waals surface area contributed by atoms with Crippen LogP contribution in [0.15, 0.2) is 24.3 Å². The van der Waals surface area contributed by atoms with Crippen molar-refractivity contribution >= 4 is 5.91 Å². The molecule has 0 saturated heterocycles. The van der Waals surface area contributed by atoms with E-state index in [1.54, 1.807) is 19.9 Å². The highest BCUT2D eigenvalue weighted by molar-refractivity contribution is 5.97. The fraction of sp³-hybridized carbons (Fsp3) is 0.429. The molecule has 1 amide bonds. The third-order valence-electron chi connectivity index (χ3n) is 3.12. The first-order valence-corrected chi connectivity index (χ1v) is 6.25. The summed E-state index contributed by atoms with van der Waals surface area (Å²) in [6, 6.07) is 7.75. The smallest absolute Gasteiger partial charge is 0.387 e. The summed E-state index contributed by atoms with van der Waals surface area (Å²) in [6.07, 6.45) is 0.840. The van der Waals surface area contributed by atoms with Crippen molar-refractivity contribution in [3.8, 4) is 11.8 Å². The molecule has 0 bridgehead atoms. The van der Waals surface area contributed by atoms with Crippen molar-refractivity contribution in [1.82, 2.24) is 5.32 Å². The van der Waals surface area contributed by atoms with Crippen molar-refractivity contribution < 1.29 is 18.3 Å². The summed E-state index contributed by atoms with van der Waals surface area (Å²) in [5, 5.41) is 11.8. The number of nitrogens with one attached hydrogen (secondary N) is 1. The number of nitriles is 1. The number of carbonyl (C=O) groups excluding carboxylic acids is 1. The standard InChI is InChI=1S/C14H16F2N2O2/c1-3-14(4-2,9-17)18-12(19)10-7-5-6-8-11(10)20-13(15)16/h5-8,13H,3-4H2,1-2H3,(H,18,19). The summed E-state index contributed by atoms with van der Waals surface area (Å²) in [4.78, 5) is 12.2. The van der Waals surface area contributed by atoms with Crippen LogP contribution in [0, 0.1) is 11.3 Å². The van der Waals surface area contributed by atoms with Crippen LogP contribution in [0.4, 0.5) is 8.78 Å². The predicted molar refractivity (Wildman–Crippen MR) is 69.5 cm³/mol. The molecule has 0 aromatic heterocycles. The highest BCUT2D eigenvalue weighted by Crippen LogP contribution is 2.22. The SMILES string of the molecule is CCC(C#N)(CC)NC(=O)c1ccccc1OC(F)F. The summed E-state index contributed by atoms with van der Waals surface area (Å²) in [6.45, 7) is 0.533. The Balaban J connectivity index is 3.01. The van der Waals surface area contributed by atoms with E-state index < -0.39 is 18.1 Å². The molecule has 0 spiro atoms. The Morgan fingerprint density at radius 3 is 2.50 bits per heavy atom. The van der Waals surface area contributed by atoms with Crippen LogP contribution < -0.4 is 10.1 Å². The molecule has 1 aromatic carbocycles. The van der Waals surface area contributed by atoms with Gasteiger partial charge in [0.25, 0.3) is 5.91 Å². The van der Waals surface area contributed by atoms with Gasteiger partial charge in [-0.1, -0.05) is 26.0 Å². The van der Waals surface area contributed by atoms with E-state index in [4.69, 9.17) is 0 Å². The highest BCUT2D eigenvalue weighted by atomic mass is 19.3. The average molecular weight is 282 g/mol. The zero-order valence-corrected chi connectivity index (χ0v) is 11.3. The minimum Gasteiger partial charge on any atom is -0.434 e. The monoisotopic (exact) mass is 282 g/mol. The topological polar surface area (TPSA) is 62.1 Å². The molecule has 0 aliphatic rings. The van der Waals surface area contributed by atoms with Crippen molar-refractivity contribution in [2.24, 2.45) is 0 Å². The Labute approximate surface area is 116 Å². The largest absolute Gasteiger partial charge is 0.434 e. The zero-order valence-electron chi connectivity index (χ0n) is 11.3. The second kappa shape index (κ2) is 6.85. The molecule has 0 aliphatic carbocycles. The Bertz CT molecular complexity index is 508. The fourth-order valence-corrected chi connectivity index (χ4v) is 1.75. The molecule has 0 saturated carbocycles. The number of hydrogen-bond acceptors (Lipinski definition) is 3. The van der Waals surface area contributed by atoms with Crippen LogP contribution in [0.3, 0.4) is 0 Å². The van der Waals surface area contributed by atoms with Crippen LogP contribution in [0.1, 0.15) is 37.0 Å². The molecule has 1 aromatic rings. The molecule has 20 heavy (non-hydrogen) atoms. The van der Waals surface area contributed by atoms with Crippen molar-refractivity contribution in [2.75, 3.05) is 0 Å². The minimum atomic E-state index is -3.01. The maximum atomic E-state index is 12.3. The summed E-state index contributed by atoms with van der Waals surface area (Å²) < 4.78 is 28.9. The number of carbonyl (C=O) groups is 1. The first kappa shape index (κ1) is 15.9. The molecular formula is C14H16F2N2O2. The Morgan fingerprint density at radius 2 is 2.00 bits per heavy atom. The Kier molecular flexibility index (Phi) is 5.44. The number of amides is 1. The van der Waals surface area contributed by atoms with Crippen LogP contribution in [0.5, 0.6) is 5.75 Å². The second-order valence-electron chi connectivity index (χ2n) is 4.23. The lowest BCUT2D eigenvalue weighted by Crippen LogP contribution is -2.46. The Hall–Kier alpha value is -2.16. The van der Waals surface area contributed by atoms with E-state index in [0.29, 0.717) is 12.8 Å². The average Bonchev–Trinajstić information content (AvgIpc) is 2.44. The van der Waals surface area contributed by atoms with Crippen molar-refractivity contribution in [3.63, 3.8) is 0 Å². The van der Waals surface area contributed by atoms with E-state index in [9.17, 15) is 18.8 Å². The number of ether oxygens (including phenoxy) is 1. The number of para-hydroxylation sites is 1. The van der Waals surface area contributed by atoms with Gasteiger partial charge in [0.05, 0.1) is 11.6 Å². The highest BCUT2D eigenvalue weighted by Gasteiger charge is 2.29. The Morgan fingerprint density at radius 1 is 1.40 bits per heavy atom. The van der Waals surface area contributed by atoms with Gasteiger partial charge in [0.15, 0.2) is 0 Å². The lowest BCUT2D eigenvalue weighted by Gasteiger charge is -2.25. The molecule has 1 rings (SSSR count). The summed E-state index contributed by atoms with van der Waals surface area (Å²) in [5.74, 6) is -0.814. The zero-order chi connectivity index (χ0) is 15.2. The normalized spacial score (nSPS) is 11.0. The van der Waals surface area contributed by atoms with E-state index in [1.807, 2.05) is 0 Å². The maximum Gasteiger partial charge on any atom is 0.387 e. The first-order chi connectivity index (χ1) is 9.48. The third kappa shape index (κ3) is 3.67. The maximum absolute atomic E-state index is 12.3. The van der Waals surface area contributed by atoms with E-state index in [1.165, 1.54) is 18.2 Å². The fourth-order valence-electron chi connectivity index (χ4n) is 1.75. The van der Waals surface area contributed by atoms with Gasteiger partial charge in [0.1, 0.15) is 11.3 Å². The molecule has 0 fully saturated rings. The summed E-state index contributed by atoms with van der Waals surface area (Å²) in [7, 11) is 0. The van der Waals surface area contributed by atoms with E-state index >= 15 is 0 Å². The number of halogens is 2. The molecule has 0 atom stereocenters. The van der Waals surface area contributed by atoms with Gasteiger partial charge in [0, 0.05) is 0 Å². The summed E-state index contributed by atoms with van der Waals surface area (Å²) >= 11 is 0. The lowest BCUT2D eigenvalue weighted by atomic mass is 9.94. The number of benzene rings is 1. The van der Waals surface area contributed by atoms with Gasteiger partial charge in [0.2, 0.25) is 0 Å². The molecule has 0 radical (unpaired) electrons. The minimum absolute atomic E-state index is 0.0191. The van der Waals surface area contributed by atoms with Crippen molar-refractivity contribution in [1.29, 1.82) is 5.26 Å².